The van der Waals surface area contributed by atoms with Crippen LogP contribution in [-0.4, -0.2) is 46.3 Å². The highest BCUT2D eigenvalue weighted by molar-refractivity contribution is 7.90. The van der Waals surface area contributed by atoms with E-state index in [1.54, 1.807) is 10.6 Å². The highest BCUT2D eigenvalue weighted by atomic mass is 32.2. The van der Waals surface area contributed by atoms with Crippen LogP contribution in [-0.2, 0) is 9.84 Å². The van der Waals surface area contributed by atoms with Crippen LogP contribution in [0.3, 0.4) is 0 Å². The quantitative estimate of drug-likeness (QED) is 0.867. The van der Waals surface area contributed by atoms with E-state index in [-0.39, 0.29) is 11.8 Å². The van der Waals surface area contributed by atoms with Crippen molar-refractivity contribution in [2.45, 2.75) is 26.3 Å². The van der Waals surface area contributed by atoms with Gasteiger partial charge in [0.05, 0.1) is 5.75 Å². The van der Waals surface area contributed by atoms with Crippen LogP contribution in [0.25, 0.3) is 5.65 Å². The summed E-state index contributed by atoms with van der Waals surface area (Å²) in [5, 5.41) is 15.4. The first kappa shape index (κ1) is 13.7. The Morgan fingerprint density at radius 1 is 1.37 bits per heavy atom. The van der Waals surface area contributed by atoms with Gasteiger partial charge in [-0.3, -0.25) is 0 Å². The van der Waals surface area contributed by atoms with E-state index in [0.717, 1.165) is 0 Å². The topological polar surface area (TPSA) is 89.2 Å². The molecule has 8 heteroatoms. The molecule has 2 aromatic heterocycles. The first-order valence-corrected chi connectivity index (χ1v) is 8.04. The van der Waals surface area contributed by atoms with Crippen LogP contribution in [0, 0.1) is 6.92 Å². The van der Waals surface area contributed by atoms with Crippen molar-refractivity contribution in [3.05, 3.63) is 18.0 Å². The maximum atomic E-state index is 11.1. The second kappa shape index (κ2) is 5.12. The van der Waals surface area contributed by atoms with Gasteiger partial charge in [-0.25, -0.2) is 8.42 Å². The minimum Gasteiger partial charge on any atom is -0.366 e. The van der Waals surface area contributed by atoms with Crippen LogP contribution < -0.4 is 5.32 Å². The molecule has 0 saturated heterocycles. The second-order valence-electron chi connectivity index (χ2n) is 4.70. The molecule has 0 saturated carbocycles. The van der Waals surface area contributed by atoms with Crippen molar-refractivity contribution < 1.29 is 8.42 Å². The van der Waals surface area contributed by atoms with Gasteiger partial charge in [0.15, 0.2) is 11.5 Å². The molecule has 0 aromatic carbocycles. The van der Waals surface area contributed by atoms with Gasteiger partial charge >= 0.3 is 0 Å². The lowest BCUT2D eigenvalue weighted by atomic mass is 10.2. The monoisotopic (exact) mass is 283 g/mol. The lowest BCUT2D eigenvalue weighted by Gasteiger charge is -2.13. The number of aromatic nitrogens is 4. The van der Waals surface area contributed by atoms with Gasteiger partial charge in [0.1, 0.15) is 15.7 Å². The van der Waals surface area contributed by atoms with Crippen molar-refractivity contribution in [2.24, 2.45) is 0 Å². The standard InChI is InChI=1S/C11H17N5O2S/c1-8(6-7-19(3,17)18)12-10-4-5-11-14-13-9(2)16(11)15-10/h4-5,8H,6-7H2,1-3H3,(H,12,15). The molecule has 2 heterocycles. The number of fused-ring (bicyclic) bond motifs is 1. The summed E-state index contributed by atoms with van der Waals surface area (Å²) in [5.74, 6) is 1.55. The summed E-state index contributed by atoms with van der Waals surface area (Å²) >= 11 is 0. The molecule has 0 spiro atoms. The average Bonchev–Trinajstić information content (AvgIpc) is 2.68. The Bertz CT molecular complexity index is 679. The summed E-state index contributed by atoms with van der Waals surface area (Å²) < 4.78 is 23.9. The van der Waals surface area contributed by atoms with Crippen LogP contribution in [0.15, 0.2) is 12.1 Å². The van der Waals surface area contributed by atoms with Gasteiger partial charge in [-0.05, 0) is 32.4 Å². The lowest BCUT2D eigenvalue weighted by molar-refractivity contribution is 0.595. The van der Waals surface area contributed by atoms with Crippen molar-refractivity contribution in [1.29, 1.82) is 0 Å². The van der Waals surface area contributed by atoms with Crippen LogP contribution in [0.1, 0.15) is 19.2 Å². The number of sulfone groups is 1. The van der Waals surface area contributed by atoms with Crippen LogP contribution in [0.2, 0.25) is 0 Å². The molecule has 0 amide bonds. The third-order valence-corrected chi connectivity index (χ3v) is 3.71. The fourth-order valence-electron chi connectivity index (χ4n) is 1.69. The Morgan fingerprint density at radius 2 is 2.11 bits per heavy atom. The van der Waals surface area contributed by atoms with Gasteiger partial charge in [-0.1, -0.05) is 0 Å². The minimum atomic E-state index is -2.93. The molecule has 19 heavy (non-hydrogen) atoms. The smallest absolute Gasteiger partial charge is 0.178 e. The number of anilines is 1. The Labute approximate surface area is 112 Å². The molecular formula is C11H17N5O2S. The van der Waals surface area contributed by atoms with Gasteiger partial charge in [-0.2, -0.15) is 4.52 Å². The van der Waals surface area contributed by atoms with Crippen molar-refractivity contribution in [3.8, 4) is 0 Å². The summed E-state index contributed by atoms with van der Waals surface area (Å²) in [6, 6.07) is 3.65. The maximum Gasteiger partial charge on any atom is 0.178 e. The molecule has 1 N–H and O–H groups in total. The zero-order chi connectivity index (χ0) is 14.0. The third-order valence-electron chi connectivity index (χ3n) is 2.73. The van der Waals surface area contributed by atoms with E-state index in [9.17, 15) is 8.42 Å². The van der Waals surface area contributed by atoms with Crippen molar-refractivity contribution in [3.63, 3.8) is 0 Å². The van der Waals surface area contributed by atoms with Crippen molar-refractivity contribution in [2.75, 3.05) is 17.3 Å². The highest BCUT2D eigenvalue weighted by Gasteiger charge is 2.09. The fraction of sp³-hybridized carbons (Fsp3) is 0.545. The predicted octanol–water partition coefficient (Wildman–Crippen LogP) is 0.668. The number of nitrogens with zero attached hydrogens (tertiary/aromatic N) is 4. The molecule has 2 aromatic rings. The van der Waals surface area contributed by atoms with E-state index in [1.165, 1.54) is 6.26 Å². The first-order chi connectivity index (χ1) is 8.85. The van der Waals surface area contributed by atoms with Gasteiger partial charge < -0.3 is 5.32 Å². The second-order valence-corrected chi connectivity index (χ2v) is 6.96. The minimum absolute atomic E-state index is 0.0245. The molecule has 1 atom stereocenters. The Kier molecular flexibility index (Phi) is 3.70. The average molecular weight is 283 g/mol. The molecule has 0 aliphatic carbocycles. The van der Waals surface area contributed by atoms with Gasteiger partial charge in [0, 0.05) is 12.3 Å². The number of hydrogen-bond donors (Lipinski definition) is 1. The van der Waals surface area contributed by atoms with Gasteiger partial charge in [-0.15, -0.1) is 15.3 Å². The number of hydrogen-bond acceptors (Lipinski definition) is 6. The molecule has 0 fully saturated rings. The number of nitrogens with one attached hydrogen (secondary N) is 1. The maximum absolute atomic E-state index is 11.1. The molecule has 0 radical (unpaired) electrons. The SMILES string of the molecule is Cc1nnc2ccc(NC(C)CCS(C)(=O)=O)nn12. The molecule has 2 rings (SSSR count). The summed E-state index contributed by atoms with van der Waals surface area (Å²) in [6.07, 6.45) is 1.78. The summed E-state index contributed by atoms with van der Waals surface area (Å²) in [6.45, 7) is 3.75. The predicted molar refractivity (Wildman–Crippen MR) is 72.9 cm³/mol. The van der Waals surface area contributed by atoms with E-state index in [1.807, 2.05) is 19.9 Å². The molecule has 104 valence electrons. The van der Waals surface area contributed by atoms with Gasteiger partial charge in [0.2, 0.25) is 0 Å². The van der Waals surface area contributed by atoms with E-state index >= 15 is 0 Å². The largest absolute Gasteiger partial charge is 0.366 e. The molecule has 0 aliphatic rings. The van der Waals surface area contributed by atoms with Crippen molar-refractivity contribution in [1.82, 2.24) is 19.8 Å². The van der Waals surface area contributed by atoms with Crippen LogP contribution in [0.4, 0.5) is 5.82 Å². The Balaban J connectivity index is 2.06. The normalized spacial score (nSPS) is 13.6. The molecule has 1 unspecified atom stereocenters. The zero-order valence-electron chi connectivity index (χ0n) is 11.2. The Morgan fingerprint density at radius 3 is 2.79 bits per heavy atom. The van der Waals surface area contributed by atoms with Crippen molar-refractivity contribution >= 4 is 21.3 Å². The molecule has 0 bridgehead atoms. The third kappa shape index (κ3) is 3.63. The number of rotatable bonds is 5. The van der Waals surface area contributed by atoms with E-state index in [2.05, 4.69) is 20.6 Å². The molecule has 7 nitrogen and oxygen atoms in total. The first-order valence-electron chi connectivity index (χ1n) is 5.98. The summed E-state index contributed by atoms with van der Waals surface area (Å²) in [4.78, 5) is 0. The summed E-state index contributed by atoms with van der Waals surface area (Å²) in [7, 11) is -2.93. The summed E-state index contributed by atoms with van der Waals surface area (Å²) in [5.41, 5.74) is 0.687. The number of aryl methyl sites for hydroxylation is 1. The van der Waals surface area contributed by atoms with E-state index < -0.39 is 9.84 Å². The van der Waals surface area contributed by atoms with Crippen LogP contribution in [0.5, 0.6) is 0 Å². The zero-order valence-corrected chi connectivity index (χ0v) is 12.0. The molecular weight excluding hydrogens is 266 g/mol. The van der Waals surface area contributed by atoms with E-state index in [0.29, 0.717) is 23.7 Å². The molecule has 0 aliphatic heterocycles. The van der Waals surface area contributed by atoms with E-state index in [4.69, 9.17) is 0 Å². The Hall–Kier alpha value is -1.70. The fourth-order valence-corrected chi connectivity index (χ4v) is 2.47. The van der Waals surface area contributed by atoms with Crippen LogP contribution >= 0.6 is 0 Å². The highest BCUT2D eigenvalue weighted by Crippen LogP contribution is 2.09. The van der Waals surface area contributed by atoms with Gasteiger partial charge in [0.25, 0.3) is 0 Å². The lowest BCUT2D eigenvalue weighted by Crippen LogP contribution is -2.20.